The van der Waals surface area contributed by atoms with E-state index < -0.39 is 23.1 Å². The lowest BCUT2D eigenvalue weighted by Crippen LogP contribution is -2.31. The Hall–Kier alpha value is -5.08. The highest BCUT2D eigenvalue weighted by atomic mass is 35.5. The minimum absolute atomic E-state index is 0. The molecule has 4 heterocycles. The lowest BCUT2D eigenvalue weighted by molar-refractivity contribution is 0.102. The summed E-state index contributed by atoms with van der Waals surface area (Å²) < 4.78 is 41.4. The average Bonchev–Trinajstić information content (AvgIpc) is 3.51. The summed E-state index contributed by atoms with van der Waals surface area (Å²) in [6.45, 7) is 3.62. The molecule has 0 radical (unpaired) electrons. The first-order valence-corrected chi connectivity index (χ1v) is 15.3. The van der Waals surface area contributed by atoms with Gasteiger partial charge < -0.3 is 20.1 Å². The van der Waals surface area contributed by atoms with E-state index in [1.807, 2.05) is 24.4 Å². The third-order valence-corrected chi connectivity index (χ3v) is 8.30. The van der Waals surface area contributed by atoms with Crippen LogP contribution in [0.15, 0.2) is 90.1 Å². The Labute approximate surface area is 283 Å². The number of halogens is 3. The average molecular weight is 691 g/mol. The maximum Gasteiger partial charge on any atom is 0.284 e. The molecule has 0 unspecified atom stereocenters. The van der Waals surface area contributed by atoms with Crippen LogP contribution >= 0.6 is 23.7 Å². The van der Waals surface area contributed by atoms with E-state index in [1.165, 1.54) is 53.9 Å². The minimum atomic E-state index is -0.746. The van der Waals surface area contributed by atoms with Gasteiger partial charge in [0.05, 0.1) is 39.3 Å². The number of carbonyl (C=O) groups is 1. The molecule has 0 spiro atoms. The van der Waals surface area contributed by atoms with Gasteiger partial charge in [0.2, 0.25) is 0 Å². The largest absolute Gasteiger partial charge is 0.453 e. The molecule has 0 aliphatic rings. The van der Waals surface area contributed by atoms with E-state index in [4.69, 9.17) is 9.47 Å². The van der Waals surface area contributed by atoms with Gasteiger partial charge in [-0.2, -0.15) is 9.78 Å². The van der Waals surface area contributed by atoms with Crippen LogP contribution in [0.4, 0.5) is 14.5 Å². The van der Waals surface area contributed by atoms with Gasteiger partial charge in [-0.15, -0.1) is 23.7 Å². The summed E-state index contributed by atoms with van der Waals surface area (Å²) in [5.74, 6) is -1.60. The Morgan fingerprint density at radius 1 is 0.979 bits per heavy atom. The standard InChI is InChI=1S/C34H28F2N6O4S.ClH/c1-20-17-40-42(24-7-4-22(35)5-8-24)34(44)31(20)33(43)41-23-6-10-28(25(36)15-23)46-29-11-12-38-27-16-30(47-32(27)29)26-9-3-21(19-39-26)18-37-13-14-45-2;/h3-12,15-17,19,37H,13-14,18H2,1-2H3,(H,41,43);1H. The maximum absolute atomic E-state index is 15.3. The zero-order valence-corrected chi connectivity index (χ0v) is 27.3. The third kappa shape index (κ3) is 7.55. The van der Waals surface area contributed by atoms with Crippen LogP contribution in [0.2, 0.25) is 0 Å². The quantitative estimate of drug-likeness (QED) is 0.144. The molecule has 6 aromatic rings. The fourth-order valence-electron chi connectivity index (χ4n) is 4.75. The molecule has 10 nitrogen and oxygen atoms in total. The van der Waals surface area contributed by atoms with Crippen LogP contribution in [-0.4, -0.2) is 45.9 Å². The minimum Gasteiger partial charge on any atom is -0.453 e. The van der Waals surface area contributed by atoms with Crippen LogP contribution in [0.3, 0.4) is 0 Å². The van der Waals surface area contributed by atoms with Gasteiger partial charge in [0.15, 0.2) is 11.6 Å². The number of hydrogen-bond acceptors (Lipinski definition) is 9. The number of aromatic nitrogens is 4. The molecule has 0 saturated heterocycles. The molecule has 2 aromatic carbocycles. The second-order valence-electron chi connectivity index (χ2n) is 10.5. The number of pyridine rings is 2. The Bertz CT molecular complexity index is 2120. The Kier molecular flexibility index (Phi) is 10.9. The van der Waals surface area contributed by atoms with Crippen LogP contribution < -0.4 is 20.9 Å². The molecule has 48 heavy (non-hydrogen) atoms. The molecule has 4 aromatic heterocycles. The number of fused-ring (bicyclic) bond motifs is 1. The number of methoxy groups -OCH3 is 1. The molecule has 0 aliphatic heterocycles. The van der Waals surface area contributed by atoms with Crippen molar-refractivity contribution in [3.63, 3.8) is 0 Å². The van der Waals surface area contributed by atoms with E-state index >= 15 is 4.39 Å². The molecule has 1 amide bonds. The second-order valence-corrected chi connectivity index (χ2v) is 11.5. The lowest BCUT2D eigenvalue weighted by Gasteiger charge is -2.12. The number of amides is 1. The van der Waals surface area contributed by atoms with Crippen LogP contribution in [0.25, 0.3) is 26.5 Å². The molecular weight excluding hydrogens is 662 g/mol. The molecule has 246 valence electrons. The van der Waals surface area contributed by atoms with Crippen LogP contribution in [-0.2, 0) is 11.3 Å². The SMILES string of the molecule is COCCNCc1ccc(-c2cc3nccc(Oc4ccc(NC(=O)c5c(C)cnn(-c6ccc(F)cc6)c5=O)cc4F)c3s2)nc1.Cl. The molecule has 6 rings (SSSR count). The van der Waals surface area contributed by atoms with Gasteiger partial charge in [0.1, 0.15) is 17.1 Å². The number of thiophene rings is 1. The molecule has 0 bridgehead atoms. The third-order valence-electron chi connectivity index (χ3n) is 7.14. The number of nitrogens with zero attached hydrogens (tertiary/aromatic N) is 4. The van der Waals surface area contributed by atoms with E-state index in [-0.39, 0.29) is 35.1 Å². The maximum atomic E-state index is 15.3. The number of benzene rings is 2. The second kappa shape index (κ2) is 15.2. The van der Waals surface area contributed by atoms with Crippen molar-refractivity contribution in [1.29, 1.82) is 0 Å². The van der Waals surface area contributed by atoms with Gasteiger partial charge in [-0.1, -0.05) is 6.07 Å². The summed E-state index contributed by atoms with van der Waals surface area (Å²) in [5, 5.41) is 9.92. The van der Waals surface area contributed by atoms with Crippen molar-refractivity contribution in [2.24, 2.45) is 0 Å². The van der Waals surface area contributed by atoms with E-state index in [2.05, 4.69) is 25.7 Å². The first kappa shape index (κ1) is 34.3. The smallest absolute Gasteiger partial charge is 0.284 e. The van der Waals surface area contributed by atoms with Crippen molar-refractivity contribution in [3.05, 3.63) is 124 Å². The normalized spacial score (nSPS) is 10.9. The lowest BCUT2D eigenvalue weighted by atomic mass is 10.1. The summed E-state index contributed by atoms with van der Waals surface area (Å²) in [6, 6.07) is 16.6. The van der Waals surface area contributed by atoms with Crippen molar-refractivity contribution in [2.75, 3.05) is 25.6 Å². The fourth-order valence-corrected chi connectivity index (χ4v) is 5.80. The van der Waals surface area contributed by atoms with Crippen molar-refractivity contribution < 1.29 is 23.0 Å². The topological polar surface area (TPSA) is 120 Å². The molecule has 14 heteroatoms. The summed E-state index contributed by atoms with van der Waals surface area (Å²) in [6.07, 6.45) is 4.76. The predicted octanol–water partition coefficient (Wildman–Crippen LogP) is 6.69. The van der Waals surface area contributed by atoms with E-state index in [9.17, 15) is 14.0 Å². The van der Waals surface area contributed by atoms with Crippen LogP contribution in [0, 0.1) is 18.6 Å². The summed E-state index contributed by atoms with van der Waals surface area (Å²) >= 11 is 1.43. The van der Waals surface area contributed by atoms with Crippen molar-refractivity contribution in [3.8, 4) is 27.8 Å². The fraction of sp³-hybridized carbons (Fsp3) is 0.147. The highest BCUT2D eigenvalue weighted by Crippen LogP contribution is 2.39. The number of ether oxygens (including phenoxy) is 2. The predicted molar refractivity (Wildman–Crippen MR) is 183 cm³/mol. The summed E-state index contributed by atoms with van der Waals surface area (Å²) in [4.78, 5) is 36.2. The molecule has 0 aliphatic carbocycles. The number of aryl methyl sites for hydroxylation is 1. The summed E-state index contributed by atoms with van der Waals surface area (Å²) in [5.41, 5.74) is 2.35. The zero-order chi connectivity index (χ0) is 32.9. The van der Waals surface area contributed by atoms with Gasteiger partial charge in [-0.25, -0.2) is 8.78 Å². The van der Waals surface area contributed by atoms with Gasteiger partial charge in [0, 0.05) is 50.4 Å². The Morgan fingerprint density at radius 2 is 1.79 bits per heavy atom. The van der Waals surface area contributed by atoms with Crippen LogP contribution in [0.5, 0.6) is 11.5 Å². The molecule has 0 saturated carbocycles. The highest BCUT2D eigenvalue weighted by Gasteiger charge is 2.19. The van der Waals surface area contributed by atoms with Crippen molar-refractivity contribution in [2.45, 2.75) is 13.5 Å². The first-order valence-electron chi connectivity index (χ1n) is 14.5. The number of carbonyl (C=O) groups excluding carboxylic acids is 1. The Morgan fingerprint density at radius 3 is 2.52 bits per heavy atom. The molecular formula is C34H29ClF2N6O4S. The van der Waals surface area contributed by atoms with Gasteiger partial charge in [-0.05, 0) is 66.6 Å². The van der Waals surface area contributed by atoms with E-state index in [0.717, 1.165) is 38.1 Å². The number of rotatable bonds is 11. The van der Waals surface area contributed by atoms with Gasteiger partial charge in [-0.3, -0.25) is 19.6 Å². The summed E-state index contributed by atoms with van der Waals surface area (Å²) in [7, 11) is 1.66. The van der Waals surface area contributed by atoms with Crippen molar-refractivity contribution >= 4 is 45.6 Å². The monoisotopic (exact) mass is 690 g/mol. The molecule has 0 atom stereocenters. The highest BCUT2D eigenvalue weighted by molar-refractivity contribution is 7.22. The molecule has 2 N–H and O–H groups in total. The number of nitrogens with one attached hydrogen (secondary N) is 2. The Balaban J connectivity index is 0.00000451. The number of anilines is 1. The van der Waals surface area contributed by atoms with Gasteiger partial charge >= 0.3 is 0 Å². The zero-order valence-electron chi connectivity index (χ0n) is 25.7. The molecule has 0 fully saturated rings. The number of hydrogen-bond donors (Lipinski definition) is 2. The van der Waals surface area contributed by atoms with E-state index in [0.29, 0.717) is 30.0 Å². The first-order chi connectivity index (χ1) is 22.8. The van der Waals surface area contributed by atoms with Crippen LogP contribution in [0.1, 0.15) is 21.5 Å². The van der Waals surface area contributed by atoms with Crippen molar-refractivity contribution in [1.82, 2.24) is 25.1 Å². The van der Waals surface area contributed by atoms with Gasteiger partial charge in [0.25, 0.3) is 11.5 Å². The van der Waals surface area contributed by atoms with E-state index in [1.54, 1.807) is 26.3 Å².